The fraction of sp³-hybridized carbons (Fsp3) is 0.316. The van der Waals surface area contributed by atoms with Crippen LogP contribution in [-0.2, 0) is 19.2 Å². The highest BCUT2D eigenvalue weighted by Gasteiger charge is 2.33. The van der Waals surface area contributed by atoms with Crippen LogP contribution in [0, 0.1) is 0 Å². The summed E-state index contributed by atoms with van der Waals surface area (Å²) in [6.45, 7) is 1.19. The van der Waals surface area contributed by atoms with Gasteiger partial charge in [0.15, 0.2) is 5.78 Å². The number of halogens is 5. The van der Waals surface area contributed by atoms with Gasteiger partial charge < -0.3 is 4.74 Å². The maximum absolute atomic E-state index is 12.7. The van der Waals surface area contributed by atoms with Gasteiger partial charge in [0.1, 0.15) is 12.4 Å². The fourth-order valence-corrected chi connectivity index (χ4v) is 2.72. The van der Waals surface area contributed by atoms with E-state index in [1.165, 1.54) is 6.07 Å². The van der Waals surface area contributed by atoms with Crippen LogP contribution in [0.3, 0.4) is 0 Å². The lowest BCUT2D eigenvalue weighted by molar-refractivity contribution is -0.137. The lowest BCUT2D eigenvalue weighted by Crippen LogP contribution is -2.06. The molecule has 2 rings (SSSR count). The number of hydrogen-bond donors (Lipinski definition) is 0. The number of rotatable bonds is 7. The van der Waals surface area contributed by atoms with E-state index >= 15 is 0 Å². The third kappa shape index (κ3) is 5.21. The lowest BCUT2D eigenvalue weighted by atomic mass is 10.0. The molecule has 0 saturated heterocycles. The van der Waals surface area contributed by atoms with Crippen LogP contribution in [0.1, 0.15) is 40.4 Å². The SMILES string of the molecule is CCC(=O)c1cc(CCF)cc(COc2ccc(C(F)(F)F)c(Cl)c2)c1. The molecule has 2 aromatic carbocycles. The van der Waals surface area contributed by atoms with E-state index in [2.05, 4.69) is 0 Å². The van der Waals surface area contributed by atoms with Crippen molar-refractivity contribution in [3.05, 3.63) is 63.7 Å². The van der Waals surface area contributed by atoms with Crippen molar-refractivity contribution in [1.29, 1.82) is 0 Å². The van der Waals surface area contributed by atoms with Gasteiger partial charge in [-0.2, -0.15) is 13.2 Å². The molecule has 7 heteroatoms. The van der Waals surface area contributed by atoms with E-state index < -0.39 is 23.4 Å². The molecule has 0 aromatic heterocycles. The molecule has 0 bridgehead atoms. The summed E-state index contributed by atoms with van der Waals surface area (Å²) < 4.78 is 56.3. The van der Waals surface area contributed by atoms with Gasteiger partial charge in [0.2, 0.25) is 0 Å². The van der Waals surface area contributed by atoms with Crippen LogP contribution >= 0.6 is 11.6 Å². The van der Waals surface area contributed by atoms with E-state index in [-0.39, 0.29) is 24.6 Å². The van der Waals surface area contributed by atoms with Crippen LogP contribution in [0.15, 0.2) is 36.4 Å². The highest BCUT2D eigenvalue weighted by atomic mass is 35.5. The smallest absolute Gasteiger partial charge is 0.417 e. The van der Waals surface area contributed by atoms with Crippen LogP contribution in [0.25, 0.3) is 0 Å². The number of hydrogen-bond acceptors (Lipinski definition) is 2. The van der Waals surface area contributed by atoms with Gasteiger partial charge in [-0.05, 0) is 41.5 Å². The number of alkyl halides is 4. The van der Waals surface area contributed by atoms with Crippen LogP contribution in [0.4, 0.5) is 17.6 Å². The van der Waals surface area contributed by atoms with E-state index in [1.807, 2.05) is 0 Å². The van der Waals surface area contributed by atoms with E-state index in [0.29, 0.717) is 23.1 Å². The zero-order valence-electron chi connectivity index (χ0n) is 14.0. The quantitative estimate of drug-likeness (QED) is 0.427. The molecule has 0 saturated carbocycles. The molecular weight excluding hydrogens is 372 g/mol. The zero-order valence-corrected chi connectivity index (χ0v) is 14.8. The molecule has 0 fully saturated rings. The van der Waals surface area contributed by atoms with Gasteiger partial charge >= 0.3 is 6.18 Å². The molecule has 0 radical (unpaired) electrons. The molecule has 0 heterocycles. The third-order valence-corrected chi connectivity index (χ3v) is 4.04. The number of ether oxygens (including phenoxy) is 1. The summed E-state index contributed by atoms with van der Waals surface area (Å²) in [5.74, 6) is 0.0896. The molecule has 0 amide bonds. The summed E-state index contributed by atoms with van der Waals surface area (Å²) in [7, 11) is 0. The van der Waals surface area contributed by atoms with Crippen molar-refractivity contribution in [2.75, 3.05) is 6.67 Å². The zero-order chi connectivity index (χ0) is 19.3. The molecule has 140 valence electrons. The average Bonchev–Trinajstić information content (AvgIpc) is 2.58. The second-order valence-electron chi connectivity index (χ2n) is 5.68. The molecule has 2 aromatic rings. The van der Waals surface area contributed by atoms with Crippen molar-refractivity contribution < 1.29 is 27.1 Å². The molecule has 0 unspecified atom stereocenters. The highest BCUT2D eigenvalue weighted by molar-refractivity contribution is 6.31. The summed E-state index contributed by atoms with van der Waals surface area (Å²) in [6.07, 6.45) is -4.05. The summed E-state index contributed by atoms with van der Waals surface area (Å²) in [6, 6.07) is 8.11. The van der Waals surface area contributed by atoms with Gasteiger partial charge in [0.05, 0.1) is 17.3 Å². The highest BCUT2D eigenvalue weighted by Crippen LogP contribution is 2.36. The van der Waals surface area contributed by atoms with E-state index in [0.717, 1.165) is 12.1 Å². The Morgan fingerprint density at radius 2 is 1.81 bits per heavy atom. The topological polar surface area (TPSA) is 26.3 Å². The summed E-state index contributed by atoms with van der Waals surface area (Å²) >= 11 is 5.66. The predicted molar refractivity (Wildman–Crippen MR) is 91.5 cm³/mol. The number of ketones is 1. The Morgan fingerprint density at radius 1 is 1.12 bits per heavy atom. The average molecular weight is 389 g/mol. The molecule has 2 nitrogen and oxygen atoms in total. The largest absolute Gasteiger partial charge is 0.489 e. The van der Waals surface area contributed by atoms with Crippen molar-refractivity contribution in [2.45, 2.75) is 32.5 Å². The number of carbonyl (C=O) groups is 1. The Kier molecular flexibility index (Phi) is 6.64. The maximum Gasteiger partial charge on any atom is 0.417 e. The van der Waals surface area contributed by atoms with E-state index in [4.69, 9.17) is 16.3 Å². The molecule has 0 aliphatic carbocycles. The normalized spacial score (nSPS) is 11.5. The van der Waals surface area contributed by atoms with Crippen LogP contribution in [0.5, 0.6) is 5.75 Å². The Morgan fingerprint density at radius 3 is 2.38 bits per heavy atom. The first-order valence-electron chi connectivity index (χ1n) is 7.96. The van der Waals surface area contributed by atoms with Gasteiger partial charge in [-0.15, -0.1) is 0 Å². The standard InChI is InChI=1S/C19H17ClF4O2/c1-2-18(25)14-8-12(5-6-21)7-13(9-14)11-26-15-3-4-16(17(20)10-15)19(22,23)24/h3-4,7-10H,2,5-6,11H2,1H3. The lowest BCUT2D eigenvalue weighted by Gasteiger charge is -2.12. The van der Waals surface area contributed by atoms with E-state index in [9.17, 15) is 22.4 Å². The molecular formula is C19H17ClF4O2. The molecule has 0 atom stereocenters. The maximum atomic E-state index is 12.7. The van der Waals surface area contributed by atoms with Crippen LogP contribution < -0.4 is 4.74 Å². The first-order valence-corrected chi connectivity index (χ1v) is 8.34. The number of carbonyl (C=O) groups excluding carboxylic acids is 1. The molecule has 0 aliphatic rings. The molecule has 0 N–H and O–H groups in total. The monoisotopic (exact) mass is 388 g/mol. The van der Waals surface area contributed by atoms with Gasteiger partial charge in [0.25, 0.3) is 0 Å². The molecule has 26 heavy (non-hydrogen) atoms. The molecule has 0 aliphatic heterocycles. The van der Waals surface area contributed by atoms with Gasteiger partial charge in [-0.25, -0.2) is 0 Å². The van der Waals surface area contributed by atoms with Gasteiger partial charge in [-0.3, -0.25) is 9.18 Å². The van der Waals surface area contributed by atoms with Crippen LogP contribution in [-0.4, -0.2) is 12.5 Å². The third-order valence-electron chi connectivity index (χ3n) is 3.73. The Labute approximate surface area is 153 Å². The predicted octanol–water partition coefficient (Wildman–Crippen LogP) is 6.04. The molecule has 0 spiro atoms. The van der Waals surface area contributed by atoms with Crippen LogP contribution in [0.2, 0.25) is 5.02 Å². The van der Waals surface area contributed by atoms with Crippen molar-refractivity contribution in [2.24, 2.45) is 0 Å². The first-order chi connectivity index (χ1) is 12.2. The second-order valence-corrected chi connectivity index (χ2v) is 6.09. The minimum absolute atomic E-state index is 0.0197. The Bertz CT molecular complexity index is 788. The Balaban J connectivity index is 2.19. The number of Topliss-reactive ketones (excluding diaryl/α,β-unsaturated/α-hetero) is 1. The van der Waals surface area contributed by atoms with Gasteiger partial charge in [-0.1, -0.05) is 24.6 Å². The van der Waals surface area contributed by atoms with Crippen molar-refractivity contribution in [1.82, 2.24) is 0 Å². The summed E-state index contributed by atoms with van der Waals surface area (Å²) in [5.41, 5.74) is 0.814. The first kappa shape index (κ1) is 20.2. The van der Waals surface area contributed by atoms with Crippen molar-refractivity contribution in [3.63, 3.8) is 0 Å². The fourth-order valence-electron chi connectivity index (χ4n) is 2.45. The van der Waals surface area contributed by atoms with Gasteiger partial charge in [0, 0.05) is 18.4 Å². The minimum Gasteiger partial charge on any atom is -0.489 e. The van der Waals surface area contributed by atoms with E-state index in [1.54, 1.807) is 25.1 Å². The number of benzene rings is 2. The Hall–Kier alpha value is -2.08. The van der Waals surface area contributed by atoms with Crippen molar-refractivity contribution in [3.8, 4) is 5.75 Å². The van der Waals surface area contributed by atoms with Crippen molar-refractivity contribution >= 4 is 17.4 Å². The minimum atomic E-state index is -4.54. The second kappa shape index (κ2) is 8.54. The number of aryl methyl sites for hydroxylation is 1. The summed E-state index contributed by atoms with van der Waals surface area (Å²) in [4.78, 5) is 11.9. The summed E-state index contributed by atoms with van der Waals surface area (Å²) in [5, 5.41) is -0.456.